The van der Waals surface area contributed by atoms with Gasteiger partial charge in [0.2, 0.25) is 5.91 Å². The molecule has 2 aliphatic carbocycles. The van der Waals surface area contributed by atoms with Crippen LogP contribution >= 0.6 is 23.2 Å². The molecule has 1 aromatic carbocycles. The number of fused-ring (bicyclic) bond motifs is 1. The summed E-state index contributed by atoms with van der Waals surface area (Å²) in [4.78, 5) is 30.3. The van der Waals surface area contributed by atoms with E-state index in [1.165, 1.54) is 11.0 Å². The molecule has 1 aromatic heterocycles. The van der Waals surface area contributed by atoms with Gasteiger partial charge < -0.3 is 15.4 Å². The summed E-state index contributed by atoms with van der Waals surface area (Å²) in [6.07, 6.45) is 0.783. The smallest absolute Gasteiger partial charge is 0.414 e. The maximum atomic E-state index is 15.1. The Bertz CT molecular complexity index is 1290. The molecule has 3 heterocycles. The number of benzene rings is 1. The van der Waals surface area contributed by atoms with Crippen LogP contribution in [0.5, 0.6) is 0 Å². The molecular formula is C25H22Cl2FN5O3. The summed E-state index contributed by atoms with van der Waals surface area (Å²) in [7, 11) is 0. The van der Waals surface area contributed by atoms with Crippen LogP contribution in [0.15, 0.2) is 36.5 Å². The van der Waals surface area contributed by atoms with Crippen molar-refractivity contribution in [3.63, 3.8) is 0 Å². The van der Waals surface area contributed by atoms with Crippen LogP contribution in [0, 0.1) is 34.9 Å². The number of carbonyl (C=O) groups excluding carboxylic acids is 2. The van der Waals surface area contributed by atoms with E-state index in [1.807, 2.05) is 0 Å². The summed E-state index contributed by atoms with van der Waals surface area (Å²) in [6, 6.07) is 10.5. The van der Waals surface area contributed by atoms with E-state index in [9.17, 15) is 14.9 Å². The summed E-state index contributed by atoms with van der Waals surface area (Å²) in [5.74, 6) is -0.713. The van der Waals surface area contributed by atoms with E-state index in [-0.39, 0.29) is 30.8 Å². The number of hydrogen-bond donors (Lipinski definition) is 2. The number of nitrogens with zero attached hydrogens (tertiary/aromatic N) is 3. The predicted molar refractivity (Wildman–Crippen MR) is 130 cm³/mol. The first-order valence-corrected chi connectivity index (χ1v) is 12.5. The second kappa shape index (κ2) is 8.30. The fourth-order valence-corrected chi connectivity index (χ4v) is 6.03. The number of carbonyl (C=O) groups is 2. The number of pyridine rings is 1. The van der Waals surface area contributed by atoms with E-state index in [1.54, 1.807) is 30.5 Å². The molecule has 2 aliphatic heterocycles. The first-order chi connectivity index (χ1) is 17.2. The maximum absolute atomic E-state index is 15.1. The van der Waals surface area contributed by atoms with Crippen molar-refractivity contribution in [3.8, 4) is 17.2 Å². The van der Waals surface area contributed by atoms with Gasteiger partial charge in [0.05, 0.1) is 36.5 Å². The monoisotopic (exact) mass is 529 g/mol. The standard InChI is InChI=1S/C25H22Cl2FN5O3/c26-25(27)6-17(25)22(34)32-8-15-11-33(23(35)36-15)14-2-3-16(20(28)5-14)13-1-4-21(31-7-13)24(12-29)18-9-30-10-19(18)24/h1-5,7,15,17-19,30H,6,8-11H2,(H,32,34)/t15-,17?,18?,19?,24?/m0/s1. The third-order valence-corrected chi connectivity index (χ3v) is 8.58. The summed E-state index contributed by atoms with van der Waals surface area (Å²) < 4.78 is 19.4. The Labute approximate surface area is 216 Å². The average molecular weight is 530 g/mol. The Morgan fingerprint density at radius 1 is 1.31 bits per heavy atom. The molecule has 4 aliphatic rings. The van der Waals surface area contributed by atoms with Gasteiger partial charge in [-0.3, -0.25) is 14.7 Å². The lowest BCUT2D eigenvalue weighted by molar-refractivity contribution is -0.122. The molecule has 11 heteroatoms. The molecule has 0 bridgehead atoms. The molecule has 3 unspecified atom stereocenters. The number of piperidine rings is 1. The quantitative estimate of drug-likeness (QED) is 0.556. The van der Waals surface area contributed by atoms with Gasteiger partial charge in [-0.25, -0.2) is 9.18 Å². The van der Waals surface area contributed by atoms with Crippen LogP contribution in [-0.2, 0) is 14.9 Å². The zero-order valence-corrected chi connectivity index (χ0v) is 20.5. The first-order valence-electron chi connectivity index (χ1n) is 11.8. The summed E-state index contributed by atoms with van der Waals surface area (Å²) >= 11 is 11.8. The molecule has 4 atom stereocenters. The number of amides is 2. The molecule has 2 saturated carbocycles. The van der Waals surface area contributed by atoms with E-state index >= 15 is 4.39 Å². The zero-order chi connectivity index (χ0) is 25.2. The molecule has 8 nitrogen and oxygen atoms in total. The lowest BCUT2D eigenvalue weighted by Crippen LogP contribution is -2.36. The third kappa shape index (κ3) is 3.71. The van der Waals surface area contributed by atoms with Gasteiger partial charge in [-0.2, -0.15) is 5.26 Å². The summed E-state index contributed by atoms with van der Waals surface area (Å²) in [5.41, 5.74) is 1.45. The van der Waals surface area contributed by atoms with Crippen LogP contribution in [0.1, 0.15) is 12.1 Å². The fraction of sp³-hybridized carbons (Fsp3) is 0.440. The molecule has 2 N–H and O–H groups in total. The number of nitrogens with one attached hydrogen (secondary N) is 2. The molecule has 4 fully saturated rings. The Morgan fingerprint density at radius 3 is 2.67 bits per heavy atom. The maximum Gasteiger partial charge on any atom is 0.414 e. The molecular weight excluding hydrogens is 508 g/mol. The Kier molecular flexibility index (Phi) is 5.41. The van der Waals surface area contributed by atoms with E-state index in [0.717, 1.165) is 18.8 Å². The number of halogens is 3. The second-order valence-electron chi connectivity index (χ2n) is 9.83. The highest BCUT2D eigenvalue weighted by Crippen LogP contribution is 2.60. The number of ether oxygens (including phenoxy) is 1. The van der Waals surface area contributed by atoms with Gasteiger partial charge in [0.15, 0.2) is 0 Å². The normalized spacial score (nSPS) is 31.4. The average Bonchev–Trinajstić information content (AvgIpc) is 3.48. The predicted octanol–water partition coefficient (Wildman–Crippen LogP) is 3.13. The number of nitriles is 1. The minimum absolute atomic E-state index is 0.113. The van der Waals surface area contributed by atoms with Gasteiger partial charge in [-0.15, -0.1) is 23.2 Å². The molecule has 0 radical (unpaired) electrons. The molecule has 186 valence electrons. The molecule has 6 rings (SSSR count). The van der Waals surface area contributed by atoms with Crippen molar-refractivity contribution in [2.24, 2.45) is 17.8 Å². The van der Waals surface area contributed by atoms with E-state index in [4.69, 9.17) is 27.9 Å². The van der Waals surface area contributed by atoms with Gasteiger partial charge in [-0.1, -0.05) is 6.07 Å². The molecule has 0 spiro atoms. The van der Waals surface area contributed by atoms with Crippen LogP contribution < -0.4 is 15.5 Å². The summed E-state index contributed by atoms with van der Waals surface area (Å²) in [5, 5.41) is 15.8. The minimum atomic E-state index is -1.02. The topological polar surface area (TPSA) is 107 Å². The van der Waals surface area contributed by atoms with Crippen molar-refractivity contribution in [3.05, 3.63) is 48.0 Å². The molecule has 36 heavy (non-hydrogen) atoms. The molecule has 2 amide bonds. The van der Waals surface area contributed by atoms with Gasteiger partial charge in [0.25, 0.3) is 0 Å². The van der Waals surface area contributed by atoms with Crippen molar-refractivity contribution in [2.75, 3.05) is 31.1 Å². The highest BCUT2D eigenvalue weighted by molar-refractivity contribution is 6.52. The number of rotatable bonds is 6. The van der Waals surface area contributed by atoms with Crippen LogP contribution in [0.25, 0.3) is 11.1 Å². The van der Waals surface area contributed by atoms with Crippen molar-refractivity contribution < 1.29 is 18.7 Å². The highest BCUT2D eigenvalue weighted by Gasteiger charge is 2.69. The van der Waals surface area contributed by atoms with Gasteiger partial charge in [0, 0.05) is 42.2 Å². The van der Waals surface area contributed by atoms with Crippen molar-refractivity contribution in [2.45, 2.75) is 22.3 Å². The van der Waals surface area contributed by atoms with Crippen molar-refractivity contribution >= 4 is 40.9 Å². The SMILES string of the molecule is N#CC1(c2ccc(-c3ccc(N4C[C@H](CNC(=O)C5CC5(Cl)Cl)OC4=O)cc3F)cn2)C2CNCC21. The van der Waals surface area contributed by atoms with Gasteiger partial charge in [-0.05, 0) is 30.7 Å². The fourth-order valence-electron chi connectivity index (χ4n) is 5.52. The van der Waals surface area contributed by atoms with Crippen LogP contribution in [-0.4, -0.2) is 53.6 Å². The first kappa shape index (κ1) is 23.5. The number of aromatic nitrogens is 1. The molecule has 2 saturated heterocycles. The van der Waals surface area contributed by atoms with E-state index in [2.05, 4.69) is 21.7 Å². The number of hydrogen-bond acceptors (Lipinski definition) is 6. The van der Waals surface area contributed by atoms with Crippen LogP contribution in [0.3, 0.4) is 0 Å². The Hall–Kier alpha value is -2.93. The van der Waals surface area contributed by atoms with Gasteiger partial charge in [0.1, 0.15) is 21.7 Å². The van der Waals surface area contributed by atoms with Gasteiger partial charge >= 0.3 is 6.09 Å². The lowest BCUT2D eigenvalue weighted by Gasteiger charge is -2.15. The van der Waals surface area contributed by atoms with Crippen molar-refractivity contribution in [1.29, 1.82) is 5.26 Å². The van der Waals surface area contributed by atoms with Crippen LogP contribution in [0.2, 0.25) is 0 Å². The molecule has 2 aromatic rings. The number of anilines is 1. The van der Waals surface area contributed by atoms with Crippen molar-refractivity contribution in [1.82, 2.24) is 15.6 Å². The highest BCUT2D eigenvalue weighted by atomic mass is 35.5. The Morgan fingerprint density at radius 2 is 2.06 bits per heavy atom. The number of cyclic esters (lactones) is 1. The van der Waals surface area contributed by atoms with E-state index in [0.29, 0.717) is 23.2 Å². The zero-order valence-electron chi connectivity index (χ0n) is 19.0. The van der Waals surface area contributed by atoms with Crippen LogP contribution in [0.4, 0.5) is 14.9 Å². The second-order valence-corrected chi connectivity index (χ2v) is 11.4. The number of alkyl halides is 2. The third-order valence-electron chi connectivity index (χ3n) is 7.74. The Balaban J connectivity index is 1.12. The summed E-state index contributed by atoms with van der Waals surface area (Å²) in [6.45, 7) is 1.90. The van der Waals surface area contributed by atoms with E-state index < -0.39 is 33.7 Å². The largest absolute Gasteiger partial charge is 0.442 e. The minimum Gasteiger partial charge on any atom is -0.442 e. The lowest BCUT2D eigenvalue weighted by atomic mass is 9.96.